The van der Waals surface area contributed by atoms with Crippen LogP contribution in [0.4, 0.5) is 17.1 Å². The number of hydrogen-bond donors (Lipinski definition) is 0. The summed E-state index contributed by atoms with van der Waals surface area (Å²) in [4.78, 5) is 2.35. The molecule has 0 unspecified atom stereocenters. The van der Waals surface area contributed by atoms with Crippen LogP contribution in [0.3, 0.4) is 0 Å². The Morgan fingerprint density at radius 2 is 1.06 bits per heavy atom. The third kappa shape index (κ3) is 3.87. The second-order valence-electron chi connectivity index (χ2n) is 12.9. The van der Waals surface area contributed by atoms with E-state index in [4.69, 9.17) is 8.83 Å². The molecule has 0 aliphatic heterocycles. The minimum Gasteiger partial charge on any atom is -0.456 e. The summed E-state index contributed by atoms with van der Waals surface area (Å²) in [6.45, 7) is 0. The maximum atomic E-state index is 6.68. The first-order valence-electron chi connectivity index (χ1n) is 16.9. The van der Waals surface area contributed by atoms with Crippen LogP contribution in [0, 0.1) is 0 Å². The highest BCUT2D eigenvalue weighted by molar-refractivity contribution is 6.20. The van der Waals surface area contributed by atoms with E-state index in [-0.39, 0.29) is 0 Å². The van der Waals surface area contributed by atoms with Gasteiger partial charge in [0.05, 0.1) is 22.1 Å². The molecule has 3 heterocycles. The molecule has 8 aromatic carbocycles. The van der Waals surface area contributed by atoms with Crippen molar-refractivity contribution in [3.8, 4) is 5.69 Å². The van der Waals surface area contributed by atoms with Gasteiger partial charge in [-0.15, -0.1) is 0 Å². The third-order valence-corrected chi connectivity index (χ3v) is 10.2. The van der Waals surface area contributed by atoms with Gasteiger partial charge in [0.15, 0.2) is 0 Å². The van der Waals surface area contributed by atoms with Crippen molar-refractivity contribution in [3.05, 3.63) is 170 Å². The molecule has 0 bridgehead atoms. The van der Waals surface area contributed by atoms with Gasteiger partial charge in [-0.1, -0.05) is 97.1 Å². The van der Waals surface area contributed by atoms with Gasteiger partial charge in [0.1, 0.15) is 22.3 Å². The molecule has 11 aromatic rings. The second-order valence-corrected chi connectivity index (χ2v) is 12.9. The lowest BCUT2D eigenvalue weighted by Gasteiger charge is -2.26. The number of fused-ring (bicyclic) bond motifs is 11. The number of rotatable bonds is 4. The third-order valence-electron chi connectivity index (χ3n) is 10.2. The lowest BCUT2D eigenvalue weighted by molar-refractivity contribution is 0.669. The van der Waals surface area contributed by atoms with E-state index in [0.717, 1.165) is 82.9 Å². The molecule has 0 saturated heterocycles. The molecule has 0 N–H and O–H groups in total. The Bertz CT molecular complexity index is 3110. The summed E-state index contributed by atoms with van der Waals surface area (Å²) in [6, 6.07) is 60.1. The highest BCUT2D eigenvalue weighted by atomic mass is 16.3. The zero-order valence-electron chi connectivity index (χ0n) is 26.9. The molecular weight excluding hydrogens is 613 g/mol. The Kier molecular flexibility index (Phi) is 5.63. The minimum absolute atomic E-state index is 0.850. The van der Waals surface area contributed by atoms with Crippen molar-refractivity contribution < 1.29 is 8.83 Å². The van der Waals surface area contributed by atoms with Crippen molar-refractivity contribution >= 4 is 93.5 Å². The van der Waals surface area contributed by atoms with Crippen LogP contribution in [0.25, 0.3) is 82.1 Å². The molecule has 0 atom stereocenters. The van der Waals surface area contributed by atoms with Crippen molar-refractivity contribution in [2.24, 2.45) is 0 Å². The maximum absolute atomic E-state index is 6.68. The summed E-state index contributed by atoms with van der Waals surface area (Å²) in [5.41, 5.74) is 10.0. The van der Waals surface area contributed by atoms with E-state index in [0.29, 0.717) is 0 Å². The van der Waals surface area contributed by atoms with Crippen LogP contribution in [-0.4, -0.2) is 4.57 Å². The Hall–Kier alpha value is -6.78. The average molecular weight is 641 g/mol. The number of nitrogens with zero attached hydrogens (tertiary/aromatic N) is 2. The number of furan rings is 2. The molecule has 0 aliphatic rings. The summed E-state index contributed by atoms with van der Waals surface area (Å²) in [7, 11) is 0. The standard InChI is InChI=1S/C46H28N2O2/c1-2-12-30(13-3-1)48-39-17-8-6-15-34(39)35-25-22-31(27-41(35)48)47(32-23-26-37-36-16-7-9-19-42(36)49-44(37)28-32)40-18-10-20-43-45(40)38-24-21-29-11-4-5-14-33(29)46(38)50-43/h1-28H. The van der Waals surface area contributed by atoms with Crippen LogP contribution in [0.1, 0.15) is 0 Å². The maximum Gasteiger partial charge on any atom is 0.143 e. The predicted octanol–water partition coefficient (Wildman–Crippen LogP) is 13.2. The van der Waals surface area contributed by atoms with E-state index >= 15 is 0 Å². The van der Waals surface area contributed by atoms with Gasteiger partial charge < -0.3 is 18.3 Å². The molecule has 234 valence electrons. The molecule has 50 heavy (non-hydrogen) atoms. The first kappa shape index (κ1) is 27.2. The zero-order chi connectivity index (χ0) is 32.8. The molecule has 0 spiro atoms. The molecule has 4 nitrogen and oxygen atoms in total. The SMILES string of the molecule is c1ccc(-n2c3ccccc3c3ccc(N(c4ccc5c(c4)oc4ccccc45)c4cccc5oc6c7ccccc7ccc6c45)cc32)cc1. The Labute approximate surface area is 286 Å². The van der Waals surface area contributed by atoms with Gasteiger partial charge in [-0.05, 0) is 72.1 Å². The van der Waals surface area contributed by atoms with Gasteiger partial charge in [0.25, 0.3) is 0 Å². The minimum atomic E-state index is 0.850. The van der Waals surface area contributed by atoms with Crippen molar-refractivity contribution in [2.75, 3.05) is 4.90 Å². The van der Waals surface area contributed by atoms with E-state index in [1.807, 2.05) is 12.1 Å². The topological polar surface area (TPSA) is 34.5 Å². The number of aromatic nitrogens is 1. The Balaban J connectivity index is 1.23. The summed E-state index contributed by atoms with van der Waals surface area (Å²) in [6.07, 6.45) is 0. The van der Waals surface area contributed by atoms with E-state index < -0.39 is 0 Å². The lowest BCUT2D eigenvalue weighted by atomic mass is 10.0. The van der Waals surface area contributed by atoms with Crippen molar-refractivity contribution in [1.29, 1.82) is 0 Å². The van der Waals surface area contributed by atoms with E-state index in [9.17, 15) is 0 Å². The zero-order valence-corrected chi connectivity index (χ0v) is 26.9. The largest absolute Gasteiger partial charge is 0.456 e. The molecule has 0 saturated carbocycles. The van der Waals surface area contributed by atoms with Crippen LogP contribution in [-0.2, 0) is 0 Å². The smallest absolute Gasteiger partial charge is 0.143 e. The highest BCUT2D eigenvalue weighted by Crippen LogP contribution is 2.46. The highest BCUT2D eigenvalue weighted by Gasteiger charge is 2.23. The molecule has 3 aromatic heterocycles. The van der Waals surface area contributed by atoms with Crippen molar-refractivity contribution in [3.63, 3.8) is 0 Å². The summed E-state index contributed by atoms with van der Waals surface area (Å²) >= 11 is 0. The van der Waals surface area contributed by atoms with E-state index in [2.05, 4.69) is 167 Å². The lowest BCUT2D eigenvalue weighted by Crippen LogP contribution is -2.10. The van der Waals surface area contributed by atoms with Crippen LogP contribution in [0.2, 0.25) is 0 Å². The van der Waals surface area contributed by atoms with Crippen LogP contribution in [0.15, 0.2) is 179 Å². The first-order chi connectivity index (χ1) is 24.8. The van der Waals surface area contributed by atoms with Crippen molar-refractivity contribution in [1.82, 2.24) is 4.57 Å². The Morgan fingerprint density at radius 1 is 0.400 bits per heavy atom. The molecule has 0 fully saturated rings. The summed E-state index contributed by atoms with van der Waals surface area (Å²) < 4.78 is 15.5. The van der Waals surface area contributed by atoms with Gasteiger partial charge in [-0.2, -0.15) is 0 Å². The van der Waals surface area contributed by atoms with Gasteiger partial charge in [-0.25, -0.2) is 0 Å². The van der Waals surface area contributed by atoms with Gasteiger partial charge in [0, 0.05) is 55.4 Å². The van der Waals surface area contributed by atoms with Crippen LogP contribution < -0.4 is 4.90 Å². The molecule has 4 heteroatoms. The second kappa shape index (κ2) is 10.4. The van der Waals surface area contributed by atoms with Crippen molar-refractivity contribution in [2.45, 2.75) is 0 Å². The summed E-state index contributed by atoms with van der Waals surface area (Å²) in [5, 5.41) is 9.07. The van der Waals surface area contributed by atoms with Gasteiger partial charge in [-0.3, -0.25) is 0 Å². The molecule has 11 rings (SSSR count). The first-order valence-corrected chi connectivity index (χ1v) is 16.9. The van der Waals surface area contributed by atoms with Gasteiger partial charge in [0.2, 0.25) is 0 Å². The fourth-order valence-electron chi connectivity index (χ4n) is 7.96. The molecular formula is C46H28N2O2. The van der Waals surface area contributed by atoms with E-state index in [1.165, 1.54) is 16.3 Å². The monoisotopic (exact) mass is 640 g/mol. The Morgan fingerprint density at radius 3 is 1.96 bits per heavy atom. The van der Waals surface area contributed by atoms with Gasteiger partial charge >= 0.3 is 0 Å². The average Bonchev–Trinajstić information content (AvgIpc) is 3.85. The van der Waals surface area contributed by atoms with E-state index in [1.54, 1.807) is 0 Å². The molecule has 0 aliphatic carbocycles. The van der Waals surface area contributed by atoms with Crippen LogP contribution in [0.5, 0.6) is 0 Å². The number of anilines is 3. The number of hydrogen-bond acceptors (Lipinski definition) is 3. The summed E-state index contributed by atoms with van der Waals surface area (Å²) in [5.74, 6) is 0. The normalized spacial score (nSPS) is 12.0. The fourth-order valence-corrected chi connectivity index (χ4v) is 7.96. The van der Waals surface area contributed by atoms with Crippen LogP contribution >= 0.6 is 0 Å². The number of benzene rings is 8. The quantitative estimate of drug-likeness (QED) is 0.192. The molecule has 0 radical (unpaired) electrons. The number of para-hydroxylation sites is 3. The fraction of sp³-hybridized carbons (Fsp3) is 0. The molecule has 0 amide bonds. The predicted molar refractivity (Wildman–Crippen MR) is 208 cm³/mol.